The van der Waals surface area contributed by atoms with Crippen molar-refractivity contribution in [3.05, 3.63) is 21.4 Å². The van der Waals surface area contributed by atoms with Crippen molar-refractivity contribution >= 4 is 23.2 Å². The van der Waals surface area contributed by atoms with Crippen LogP contribution < -0.4 is 0 Å². The maximum Gasteiger partial charge on any atom is 0.311 e. The Morgan fingerprint density at radius 3 is 2.86 bits per heavy atom. The van der Waals surface area contributed by atoms with E-state index in [0.29, 0.717) is 25.9 Å². The van der Waals surface area contributed by atoms with E-state index >= 15 is 0 Å². The summed E-state index contributed by atoms with van der Waals surface area (Å²) in [6.07, 6.45) is 5.37. The third kappa shape index (κ3) is 2.48. The number of hydrogen-bond donors (Lipinski definition) is 1. The smallest absolute Gasteiger partial charge is 0.311 e. The molecule has 2 heterocycles. The van der Waals surface area contributed by atoms with Gasteiger partial charge in [0, 0.05) is 18.0 Å². The quantitative estimate of drug-likeness (QED) is 0.934. The van der Waals surface area contributed by atoms with Crippen LogP contribution in [-0.4, -0.2) is 35.0 Å². The van der Waals surface area contributed by atoms with Crippen LogP contribution in [0.3, 0.4) is 0 Å². The summed E-state index contributed by atoms with van der Waals surface area (Å²) >= 11 is 1.60. The van der Waals surface area contributed by atoms with E-state index in [4.69, 9.17) is 0 Å². The molecule has 0 bridgehead atoms. The Hall–Kier alpha value is -1.36. The van der Waals surface area contributed by atoms with Crippen molar-refractivity contribution in [1.29, 1.82) is 0 Å². The monoisotopic (exact) mass is 307 g/mol. The molecule has 3 rings (SSSR count). The zero-order chi connectivity index (χ0) is 15.0. The largest absolute Gasteiger partial charge is 0.481 e. The minimum atomic E-state index is -0.767. The minimum Gasteiger partial charge on any atom is -0.481 e. The van der Waals surface area contributed by atoms with Crippen LogP contribution >= 0.6 is 11.3 Å². The van der Waals surface area contributed by atoms with Crippen LogP contribution in [0.5, 0.6) is 0 Å². The Labute approximate surface area is 128 Å². The number of piperidine rings is 1. The third-order valence-corrected chi connectivity index (χ3v) is 6.18. The topological polar surface area (TPSA) is 57.6 Å². The van der Waals surface area contributed by atoms with Crippen molar-refractivity contribution in [3.63, 3.8) is 0 Å². The molecule has 0 aromatic carbocycles. The summed E-state index contributed by atoms with van der Waals surface area (Å²) in [7, 11) is 0. The highest BCUT2D eigenvalue weighted by atomic mass is 32.1. The molecule has 1 N–H and O–H groups in total. The first-order valence-electron chi connectivity index (χ1n) is 7.70. The fourth-order valence-corrected chi connectivity index (χ4v) is 4.73. The number of aryl methyl sites for hydroxylation is 2. The van der Waals surface area contributed by atoms with Crippen molar-refractivity contribution in [2.24, 2.45) is 5.41 Å². The van der Waals surface area contributed by atoms with Crippen molar-refractivity contribution < 1.29 is 14.7 Å². The average molecular weight is 307 g/mol. The first-order valence-corrected chi connectivity index (χ1v) is 8.51. The molecule has 0 saturated carbocycles. The predicted molar refractivity (Wildman–Crippen MR) is 81.8 cm³/mol. The lowest BCUT2D eigenvalue weighted by molar-refractivity contribution is -0.152. The van der Waals surface area contributed by atoms with E-state index in [1.165, 1.54) is 16.9 Å². The number of carbonyl (C=O) groups is 2. The molecular formula is C16H21NO3S. The van der Waals surface area contributed by atoms with E-state index in [9.17, 15) is 14.7 Å². The maximum absolute atomic E-state index is 12.7. The Kier molecular flexibility index (Phi) is 3.78. The molecule has 1 aliphatic heterocycles. The zero-order valence-electron chi connectivity index (χ0n) is 12.4. The minimum absolute atomic E-state index is 0.0215. The number of rotatable bonds is 3. The highest BCUT2D eigenvalue weighted by Gasteiger charge is 2.42. The van der Waals surface area contributed by atoms with Gasteiger partial charge < -0.3 is 10.0 Å². The molecule has 0 radical (unpaired) electrons. The van der Waals surface area contributed by atoms with Crippen LogP contribution in [0.15, 0.2) is 6.07 Å². The molecule has 5 heteroatoms. The van der Waals surface area contributed by atoms with Gasteiger partial charge in [-0.25, -0.2) is 0 Å². The first-order chi connectivity index (χ1) is 10.1. The average Bonchev–Trinajstić information content (AvgIpc) is 3.07. The van der Waals surface area contributed by atoms with Gasteiger partial charge in [-0.05, 0) is 50.2 Å². The molecule has 1 aliphatic carbocycles. The number of carbonyl (C=O) groups excluding carboxylic acids is 1. The van der Waals surface area contributed by atoms with Crippen molar-refractivity contribution in [2.75, 3.05) is 13.1 Å². The number of amides is 1. The van der Waals surface area contributed by atoms with Gasteiger partial charge in [-0.15, -0.1) is 11.3 Å². The SMILES string of the molecule is CCC1(C(=O)O)CCCN(C(=O)c2cc3c(s2)CCC3)C1. The molecule has 0 spiro atoms. The number of carboxylic acid groups (broad SMARTS) is 1. The van der Waals surface area contributed by atoms with Crippen LogP contribution in [0.4, 0.5) is 0 Å². The molecule has 1 amide bonds. The van der Waals surface area contributed by atoms with Crippen LogP contribution in [-0.2, 0) is 17.6 Å². The van der Waals surface area contributed by atoms with E-state index in [1.54, 1.807) is 16.2 Å². The predicted octanol–water partition coefficient (Wildman–Crippen LogP) is 2.95. The van der Waals surface area contributed by atoms with Crippen LogP contribution in [0.2, 0.25) is 0 Å². The van der Waals surface area contributed by atoms with Crippen molar-refractivity contribution in [1.82, 2.24) is 4.90 Å². The number of nitrogens with zero attached hydrogens (tertiary/aromatic N) is 1. The molecular weight excluding hydrogens is 286 g/mol. The Bertz CT molecular complexity index is 559. The number of aliphatic carboxylic acids is 1. The summed E-state index contributed by atoms with van der Waals surface area (Å²) in [6, 6.07) is 2.03. The molecule has 1 aromatic rings. The summed E-state index contributed by atoms with van der Waals surface area (Å²) in [4.78, 5) is 28.1. The fourth-order valence-electron chi connectivity index (χ4n) is 3.51. The van der Waals surface area contributed by atoms with E-state index in [1.807, 2.05) is 13.0 Å². The standard InChI is InChI=1S/C16H21NO3S/c1-2-16(15(19)20)7-4-8-17(10-16)14(18)13-9-11-5-3-6-12(11)21-13/h9H,2-8,10H2,1H3,(H,19,20). The van der Waals surface area contributed by atoms with Gasteiger partial charge >= 0.3 is 5.97 Å². The van der Waals surface area contributed by atoms with Gasteiger partial charge in [0.25, 0.3) is 5.91 Å². The van der Waals surface area contributed by atoms with Crippen LogP contribution in [0, 0.1) is 5.41 Å². The summed E-state index contributed by atoms with van der Waals surface area (Å²) in [6.45, 7) is 2.93. The number of hydrogen-bond acceptors (Lipinski definition) is 3. The Morgan fingerprint density at radius 2 is 2.19 bits per heavy atom. The van der Waals surface area contributed by atoms with Crippen LogP contribution in [0.1, 0.15) is 52.7 Å². The molecule has 2 aliphatic rings. The molecule has 1 atom stereocenters. The molecule has 1 aromatic heterocycles. The summed E-state index contributed by atoms with van der Waals surface area (Å²) in [5.41, 5.74) is 0.564. The molecule has 1 saturated heterocycles. The normalized spacial score (nSPS) is 24.9. The molecule has 114 valence electrons. The van der Waals surface area contributed by atoms with E-state index in [0.717, 1.165) is 24.1 Å². The molecule has 4 nitrogen and oxygen atoms in total. The second-order valence-corrected chi connectivity index (χ2v) is 7.32. The third-order valence-electron chi connectivity index (χ3n) is 4.95. The lowest BCUT2D eigenvalue weighted by atomic mass is 9.77. The summed E-state index contributed by atoms with van der Waals surface area (Å²) in [5.74, 6) is -0.746. The lowest BCUT2D eigenvalue weighted by Crippen LogP contribution is -2.49. The van der Waals surface area contributed by atoms with E-state index < -0.39 is 11.4 Å². The highest BCUT2D eigenvalue weighted by Crippen LogP contribution is 2.36. The van der Waals surface area contributed by atoms with Gasteiger partial charge in [0.1, 0.15) is 0 Å². The number of fused-ring (bicyclic) bond motifs is 1. The Balaban J connectivity index is 1.79. The summed E-state index contributed by atoms with van der Waals surface area (Å²) < 4.78 is 0. The van der Waals surface area contributed by atoms with E-state index in [-0.39, 0.29) is 5.91 Å². The fraction of sp³-hybridized carbons (Fsp3) is 0.625. The molecule has 1 unspecified atom stereocenters. The van der Waals surface area contributed by atoms with Gasteiger partial charge in [0.2, 0.25) is 0 Å². The lowest BCUT2D eigenvalue weighted by Gasteiger charge is -2.39. The number of thiophene rings is 1. The van der Waals surface area contributed by atoms with Gasteiger partial charge in [-0.2, -0.15) is 0 Å². The van der Waals surface area contributed by atoms with Gasteiger partial charge in [0.05, 0.1) is 10.3 Å². The second kappa shape index (κ2) is 5.44. The van der Waals surface area contributed by atoms with E-state index in [2.05, 4.69) is 0 Å². The van der Waals surface area contributed by atoms with Crippen LogP contribution in [0.25, 0.3) is 0 Å². The van der Waals surface area contributed by atoms with Gasteiger partial charge in [-0.3, -0.25) is 9.59 Å². The highest BCUT2D eigenvalue weighted by molar-refractivity contribution is 7.14. The maximum atomic E-state index is 12.7. The van der Waals surface area contributed by atoms with Gasteiger partial charge in [-0.1, -0.05) is 6.92 Å². The zero-order valence-corrected chi connectivity index (χ0v) is 13.2. The number of likely N-dealkylation sites (tertiary alicyclic amines) is 1. The second-order valence-electron chi connectivity index (χ2n) is 6.18. The molecule has 1 fully saturated rings. The van der Waals surface area contributed by atoms with Gasteiger partial charge in [0.15, 0.2) is 0 Å². The first kappa shape index (κ1) is 14.6. The summed E-state index contributed by atoms with van der Waals surface area (Å²) in [5, 5.41) is 9.52. The number of carboxylic acids is 1. The Morgan fingerprint density at radius 1 is 1.38 bits per heavy atom. The van der Waals surface area contributed by atoms with Crippen molar-refractivity contribution in [3.8, 4) is 0 Å². The van der Waals surface area contributed by atoms with Crippen molar-refractivity contribution in [2.45, 2.75) is 45.4 Å². The molecule has 21 heavy (non-hydrogen) atoms.